The number of carbonyl (C=O) groups excluding carboxylic acids is 1. The molecule has 0 aromatic carbocycles. The van der Waals surface area contributed by atoms with Crippen molar-refractivity contribution in [1.82, 2.24) is 4.90 Å². The molecule has 0 N–H and O–H groups in total. The van der Waals surface area contributed by atoms with Crippen molar-refractivity contribution < 1.29 is 61.6 Å². The summed E-state index contributed by atoms with van der Waals surface area (Å²) >= 11 is 0. The van der Waals surface area contributed by atoms with Crippen LogP contribution in [-0.4, -0.2) is 67.5 Å². The Kier molecular flexibility index (Phi) is 7.55. The minimum Gasteiger partial charge on any atom is -0.444 e. The van der Waals surface area contributed by atoms with Crippen LogP contribution in [0.1, 0.15) is 40.0 Å². The molecule has 0 radical (unpaired) electrons. The number of hydrogen-bond donors (Lipinski definition) is 0. The summed E-state index contributed by atoms with van der Waals surface area (Å²) in [6.45, 7) is 4.23. The second kappa shape index (κ2) is 8.48. The van der Waals surface area contributed by atoms with Gasteiger partial charge in [0.2, 0.25) is 0 Å². The Morgan fingerprint density at radius 1 is 0.871 bits per heavy atom. The molecule has 1 atom stereocenters. The summed E-state index contributed by atoms with van der Waals surface area (Å²) in [5, 5.41) is -6.91. The number of halogens is 9. The third kappa shape index (κ3) is 5.68. The molecule has 1 rings (SSSR count). The molecule has 0 aliphatic carbocycles. The first kappa shape index (κ1) is 27.6. The molecule has 184 valence electrons. The Hall–Kier alpha value is -1.45. The van der Waals surface area contributed by atoms with Crippen molar-refractivity contribution in [3.63, 3.8) is 0 Å². The summed E-state index contributed by atoms with van der Waals surface area (Å²) < 4.78 is 149. The number of ether oxygens (including phenoxy) is 1. The molecule has 1 heterocycles. The first-order valence-corrected chi connectivity index (χ1v) is 10.1. The van der Waals surface area contributed by atoms with E-state index < -0.39 is 64.0 Å². The minimum atomic E-state index is -7.36. The van der Waals surface area contributed by atoms with Crippen LogP contribution >= 0.6 is 0 Å². The number of nitrogens with zero attached hydrogens (tertiary/aromatic N) is 1. The number of likely N-dealkylation sites (tertiary alicyclic amines) is 1. The van der Waals surface area contributed by atoms with Gasteiger partial charge in [-0.25, -0.2) is 4.79 Å². The van der Waals surface area contributed by atoms with E-state index in [1.807, 2.05) is 0 Å². The molecule has 0 aromatic rings. The predicted octanol–water partition coefficient (Wildman–Crippen LogP) is 4.55. The first-order chi connectivity index (χ1) is 13.6. The normalized spacial score (nSPS) is 20.4. The van der Waals surface area contributed by atoms with Gasteiger partial charge >= 0.3 is 39.5 Å². The maximum Gasteiger partial charge on any atom is 0.460 e. The van der Waals surface area contributed by atoms with Crippen LogP contribution in [0, 0.1) is 0 Å². The van der Waals surface area contributed by atoms with E-state index in [9.17, 15) is 52.7 Å². The molecule has 16 heteroatoms. The molecule has 1 fully saturated rings. The molecule has 1 aliphatic rings. The van der Waals surface area contributed by atoms with Crippen molar-refractivity contribution in [2.45, 2.75) is 75.0 Å². The lowest BCUT2D eigenvalue weighted by molar-refractivity contribution is -0.382. The molecule has 0 bridgehead atoms. The quantitative estimate of drug-likeness (QED) is 0.412. The molecule has 31 heavy (non-hydrogen) atoms. The van der Waals surface area contributed by atoms with Gasteiger partial charge in [-0.2, -0.15) is 47.9 Å². The van der Waals surface area contributed by atoms with Gasteiger partial charge < -0.3 is 9.64 Å². The molecule has 1 aliphatic heterocycles. The van der Waals surface area contributed by atoms with Crippen molar-refractivity contribution in [3.05, 3.63) is 0 Å². The highest BCUT2D eigenvalue weighted by atomic mass is 32.2. The number of hydrogen-bond acceptors (Lipinski definition) is 5. The fraction of sp³-hybridized carbons (Fsp3) is 0.933. The van der Waals surface area contributed by atoms with Crippen molar-refractivity contribution in [1.29, 1.82) is 0 Å². The molecule has 1 amide bonds. The number of carbonyl (C=O) groups is 1. The topological polar surface area (TPSA) is 72.9 Å². The average molecular weight is 497 g/mol. The van der Waals surface area contributed by atoms with Gasteiger partial charge in [0.1, 0.15) is 5.60 Å². The maximum atomic E-state index is 13.7. The summed E-state index contributed by atoms with van der Waals surface area (Å²) in [5.41, 5.74) is -0.903. The lowest BCUT2D eigenvalue weighted by Gasteiger charge is -2.33. The SMILES string of the molecule is CC(C)(C)OC(=O)N1CCCC(OS(=O)(=O)C(F)(F)C(F)(F)C(F)(F)C(F)(F)F)CC1. The van der Waals surface area contributed by atoms with Gasteiger partial charge in [-0.1, -0.05) is 0 Å². The molecule has 1 saturated heterocycles. The van der Waals surface area contributed by atoms with Crippen molar-refractivity contribution in [2.24, 2.45) is 0 Å². The van der Waals surface area contributed by atoms with E-state index >= 15 is 0 Å². The van der Waals surface area contributed by atoms with Crippen LogP contribution in [0.4, 0.5) is 44.3 Å². The molecular formula is C15H20F9NO5S. The molecule has 6 nitrogen and oxygen atoms in total. The molecule has 0 saturated carbocycles. The third-order valence-electron chi connectivity index (χ3n) is 4.02. The Balaban J connectivity index is 3.00. The van der Waals surface area contributed by atoms with Gasteiger partial charge in [0.25, 0.3) is 0 Å². The van der Waals surface area contributed by atoms with Gasteiger partial charge in [0.05, 0.1) is 6.10 Å². The average Bonchev–Trinajstić information content (AvgIpc) is 2.76. The largest absolute Gasteiger partial charge is 0.460 e. The third-order valence-corrected chi connectivity index (χ3v) is 5.43. The summed E-state index contributed by atoms with van der Waals surface area (Å²) in [5.74, 6) is -14.7. The lowest BCUT2D eigenvalue weighted by atomic mass is 10.1. The summed E-state index contributed by atoms with van der Waals surface area (Å²) in [7, 11) is -6.94. The molecule has 1 unspecified atom stereocenters. The molecular weight excluding hydrogens is 477 g/mol. The smallest absolute Gasteiger partial charge is 0.444 e. The van der Waals surface area contributed by atoms with Crippen molar-refractivity contribution in [2.75, 3.05) is 13.1 Å². The molecule has 0 spiro atoms. The van der Waals surface area contributed by atoms with Crippen molar-refractivity contribution >= 4 is 16.2 Å². The zero-order chi connectivity index (χ0) is 24.7. The van der Waals surface area contributed by atoms with E-state index in [1.165, 1.54) is 0 Å². The van der Waals surface area contributed by atoms with Crippen molar-refractivity contribution in [3.8, 4) is 0 Å². The Morgan fingerprint density at radius 3 is 1.84 bits per heavy atom. The second-order valence-electron chi connectivity index (χ2n) is 7.73. The first-order valence-electron chi connectivity index (χ1n) is 8.68. The number of rotatable bonds is 5. The monoisotopic (exact) mass is 497 g/mol. The van der Waals surface area contributed by atoms with E-state index in [0.717, 1.165) is 4.90 Å². The van der Waals surface area contributed by atoms with Crippen LogP contribution in [0.3, 0.4) is 0 Å². The summed E-state index contributed by atoms with van der Waals surface area (Å²) in [6, 6.07) is 0. The summed E-state index contributed by atoms with van der Waals surface area (Å²) in [6.07, 6.45) is -10.8. The van der Waals surface area contributed by atoms with Crippen LogP contribution in [0.5, 0.6) is 0 Å². The highest BCUT2D eigenvalue weighted by Crippen LogP contribution is 2.55. The lowest BCUT2D eigenvalue weighted by Crippen LogP contribution is -2.63. The minimum absolute atomic E-state index is 0.0620. The molecule has 0 aromatic heterocycles. The van der Waals surface area contributed by atoms with E-state index in [1.54, 1.807) is 20.8 Å². The van der Waals surface area contributed by atoms with Crippen LogP contribution in [0.25, 0.3) is 0 Å². The highest BCUT2D eigenvalue weighted by molar-refractivity contribution is 7.87. The Labute approximate surface area is 171 Å². The van der Waals surface area contributed by atoms with Crippen LogP contribution in [-0.2, 0) is 19.0 Å². The zero-order valence-electron chi connectivity index (χ0n) is 16.4. The standard InChI is InChI=1S/C15H20F9NO5S/c1-11(2,3)29-10(26)25-7-4-5-9(6-8-25)30-31(27,28)15(23,24)13(18,19)12(16,17)14(20,21)22/h9H,4-8H2,1-3H3. The fourth-order valence-electron chi connectivity index (χ4n) is 2.43. The van der Waals surface area contributed by atoms with Crippen LogP contribution in [0.15, 0.2) is 0 Å². The maximum absolute atomic E-state index is 13.7. The van der Waals surface area contributed by atoms with E-state index in [-0.39, 0.29) is 19.5 Å². The predicted molar refractivity (Wildman–Crippen MR) is 86.3 cm³/mol. The van der Waals surface area contributed by atoms with Gasteiger partial charge in [-0.05, 0) is 40.0 Å². The van der Waals surface area contributed by atoms with Gasteiger partial charge in [0, 0.05) is 13.1 Å². The van der Waals surface area contributed by atoms with E-state index in [4.69, 9.17) is 4.74 Å². The van der Waals surface area contributed by atoms with Crippen LogP contribution < -0.4 is 0 Å². The van der Waals surface area contributed by atoms with Gasteiger partial charge in [-0.15, -0.1) is 0 Å². The number of amides is 1. The van der Waals surface area contributed by atoms with E-state index in [2.05, 4.69) is 4.18 Å². The van der Waals surface area contributed by atoms with Gasteiger partial charge in [0.15, 0.2) is 0 Å². The van der Waals surface area contributed by atoms with Gasteiger partial charge in [-0.3, -0.25) is 4.18 Å². The van der Waals surface area contributed by atoms with E-state index in [0.29, 0.717) is 0 Å². The summed E-state index contributed by atoms with van der Waals surface area (Å²) in [4.78, 5) is 13.0. The highest BCUT2D eigenvalue weighted by Gasteiger charge is 2.85. The second-order valence-corrected chi connectivity index (χ2v) is 9.35. The Morgan fingerprint density at radius 2 is 1.39 bits per heavy atom. The Bertz CT molecular complexity index is 762. The number of alkyl halides is 9. The fourth-order valence-corrected chi connectivity index (χ4v) is 3.54. The zero-order valence-corrected chi connectivity index (χ0v) is 17.2. The van der Waals surface area contributed by atoms with Crippen LogP contribution in [0.2, 0.25) is 0 Å².